The van der Waals surface area contributed by atoms with Crippen molar-refractivity contribution in [2.45, 2.75) is 68.2 Å². The monoisotopic (exact) mass is 480 g/mol. The van der Waals surface area contributed by atoms with Crippen LogP contribution in [0.1, 0.15) is 57.9 Å². The van der Waals surface area contributed by atoms with Gasteiger partial charge >= 0.3 is 37.9 Å². The van der Waals surface area contributed by atoms with E-state index in [-0.39, 0.29) is 0 Å². The van der Waals surface area contributed by atoms with Gasteiger partial charge in [0.15, 0.2) is 0 Å². The van der Waals surface area contributed by atoms with Crippen LogP contribution in [-0.2, 0) is 27.3 Å². The fourth-order valence-corrected chi connectivity index (χ4v) is 3.66. The van der Waals surface area contributed by atoms with Gasteiger partial charge in [-0.05, 0) is 6.92 Å². The fraction of sp³-hybridized carbons (Fsp3) is 0.417. The molecule has 0 aliphatic rings. The minimum absolute atomic E-state index is 0.826. The molecule has 0 aliphatic carbocycles. The van der Waals surface area contributed by atoms with E-state index >= 15 is 0 Å². The standard InChI is InChI=1S/C12H13.C12H19.2ClH.Zr/c1-8-6-11-9(2)4-5-10(3)12(11)7-8;1-6-7-12-10(4)8(2)9(3)11(12)5;;;/h4-7H,1-3H3;6-7H2,1-5H3;2*1H;/q2*-1;;;+4/p-2. The SMILES string of the molecule is CCCc1c(C)c(C)c(C)[c-]1C.Cc1cc2c(C)ccc(C)c2[cH-]1.[Cl][Zr+2][Cl]. The predicted molar refractivity (Wildman–Crippen MR) is 120 cm³/mol. The maximum atomic E-state index is 4.93. The quantitative estimate of drug-likeness (QED) is 0.321. The molecule has 3 rings (SSSR count). The zero-order chi connectivity index (χ0) is 20.7. The Hall–Kier alpha value is -0.357. The molecule has 0 nitrogen and oxygen atoms in total. The second-order valence-corrected chi connectivity index (χ2v) is 11.1. The van der Waals surface area contributed by atoms with Crippen molar-refractivity contribution in [1.82, 2.24) is 0 Å². The van der Waals surface area contributed by atoms with Crippen molar-refractivity contribution in [3.8, 4) is 0 Å². The second-order valence-electron chi connectivity index (χ2n) is 7.36. The summed E-state index contributed by atoms with van der Waals surface area (Å²) >= 11 is -0.826. The van der Waals surface area contributed by atoms with E-state index in [0.29, 0.717) is 0 Å². The van der Waals surface area contributed by atoms with Crippen molar-refractivity contribution >= 4 is 27.8 Å². The van der Waals surface area contributed by atoms with E-state index in [0.717, 1.165) is 0 Å². The third kappa shape index (κ3) is 6.32. The fourth-order valence-electron chi connectivity index (χ4n) is 3.66. The summed E-state index contributed by atoms with van der Waals surface area (Å²) in [6.45, 7) is 17.7. The molecule has 27 heavy (non-hydrogen) atoms. The molecule has 0 spiro atoms. The maximum absolute atomic E-state index is 4.93. The van der Waals surface area contributed by atoms with Crippen LogP contribution in [-0.4, -0.2) is 0 Å². The van der Waals surface area contributed by atoms with E-state index in [9.17, 15) is 0 Å². The van der Waals surface area contributed by atoms with Gasteiger partial charge in [0.2, 0.25) is 0 Å². The molecule has 0 N–H and O–H groups in total. The van der Waals surface area contributed by atoms with E-state index < -0.39 is 20.8 Å². The number of fused-ring (bicyclic) bond motifs is 1. The van der Waals surface area contributed by atoms with Gasteiger partial charge in [-0.3, -0.25) is 0 Å². The van der Waals surface area contributed by atoms with E-state index in [1.807, 2.05) is 0 Å². The minimum atomic E-state index is -0.826. The number of halogens is 2. The predicted octanol–water partition coefficient (Wildman–Crippen LogP) is 8.45. The molecule has 146 valence electrons. The van der Waals surface area contributed by atoms with Gasteiger partial charge in [0.05, 0.1) is 0 Å². The Balaban J connectivity index is 0.000000236. The van der Waals surface area contributed by atoms with Crippen LogP contribution in [0.3, 0.4) is 0 Å². The molecule has 3 heteroatoms. The molecule has 0 heterocycles. The van der Waals surface area contributed by atoms with Gasteiger partial charge in [-0.1, -0.05) is 72.9 Å². The van der Waals surface area contributed by atoms with Crippen LogP contribution in [0.4, 0.5) is 0 Å². The third-order valence-corrected chi connectivity index (χ3v) is 5.56. The first-order valence-electron chi connectivity index (χ1n) is 9.50. The summed E-state index contributed by atoms with van der Waals surface area (Å²) in [5.74, 6) is 0. The Morgan fingerprint density at radius 1 is 0.963 bits per heavy atom. The summed E-state index contributed by atoms with van der Waals surface area (Å²) in [4.78, 5) is 0. The number of hydrogen-bond acceptors (Lipinski definition) is 0. The van der Waals surface area contributed by atoms with Crippen LogP contribution < -0.4 is 0 Å². The summed E-state index contributed by atoms with van der Waals surface area (Å²) in [6.07, 6.45) is 2.50. The van der Waals surface area contributed by atoms with Gasteiger partial charge in [-0.15, -0.1) is 34.0 Å². The molecule has 0 saturated heterocycles. The average Bonchev–Trinajstić information content (AvgIpc) is 3.11. The normalized spacial score (nSPS) is 10.0. The van der Waals surface area contributed by atoms with Gasteiger partial charge in [-0.25, -0.2) is 0 Å². The van der Waals surface area contributed by atoms with Gasteiger partial charge in [0.25, 0.3) is 0 Å². The average molecular weight is 483 g/mol. The Kier molecular flexibility index (Phi) is 10.6. The number of benzene rings is 1. The van der Waals surface area contributed by atoms with Crippen LogP contribution in [0.2, 0.25) is 0 Å². The Morgan fingerprint density at radius 3 is 1.96 bits per heavy atom. The molecule has 3 aromatic carbocycles. The third-order valence-electron chi connectivity index (χ3n) is 5.56. The van der Waals surface area contributed by atoms with E-state index in [1.165, 1.54) is 62.6 Å². The van der Waals surface area contributed by atoms with Crippen LogP contribution in [0.15, 0.2) is 24.3 Å². The zero-order valence-corrected chi connectivity index (χ0v) is 21.9. The molecule has 0 unspecified atom stereocenters. The number of aryl methyl sites for hydroxylation is 3. The molecular formula is C24H32Cl2Zr. The molecule has 0 atom stereocenters. The molecule has 3 aromatic rings. The van der Waals surface area contributed by atoms with Crippen molar-refractivity contribution < 1.29 is 20.8 Å². The molecule has 0 saturated carbocycles. The summed E-state index contributed by atoms with van der Waals surface area (Å²) in [7, 11) is 9.87. The summed E-state index contributed by atoms with van der Waals surface area (Å²) in [5.41, 5.74) is 11.7. The molecule has 0 bridgehead atoms. The molecule has 0 fully saturated rings. The zero-order valence-electron chi connectivity index (χ0n) is 18.0. The second kappa shape index (κ2) is 11.6. The van der Waals surface area contributed by atoms with Gasteiger partial charge in [-0.2, -0.15) is 33.9 Å². The van der Waals surface area contributed by atoms with Crippen molar-refractivity contribution in [1.29, 1.82) is 0 Å². The van der Waals surface area contributed by atoms with Crippen LogP contribution in [0.25, 0.3) is 10.8 Å². The van der Waals surface area contributed by atoms with E-state index in [1.54, 1.807) is 5.56 Å². The molecule has 0 aliphatic heterocycles. The number of hydrogen-bond donors (Lipinski definition) is 0. The summed E-state index contributed by atoms with van der Waals surface area (Å²) in [5, 5.41) is 2.82. The molecular weight excluding hydrogens is 450 g/mol. The van der Waals surface area contributed by atoms with Crippen molar-refractivity contribution in [2.24, 2.45) is 0 Å². The van der Waals surface area contributed by atoms with Crippen molar-refractivity contribution in [2.75, 3.05) is 0 Å². The Morgan fingerprint density at radius 2 is 1.52 bits per heavy atom. The van der Waals surface area contributed by atoms with Crippen LogP contribution in [0, 0.1) is 48.5 Å². The van der Waals surface area contributed by atoms with Crippen LogP contribution in [0.5, 0.6) is 0 Å². The van der Waals surface area contributed by atoms with Crippen molar-refractivity contribution in [3.63, 3.8) is 0 Å². The first-order chi connectivity index (χ1) is 12.7. The summed E-state index contributed by atoms with van der Waals surface area (Å²) < 4.78 is 0. The van der Waals surface area contributed by atoms with E-state index in [2.05, 4.69) is 79.7 Å². The Bertz CT molecular complexity index is 804. The van der Waals surface area contributed by atoms with Gasteiger partial charge < -0.3 is 0 Å². The molecule has 0 aromatic heterocycles. The van der Waals surface area contributed by atoms with Crippen LogP contribution >= 0.6 is 17.0 Å². The topological polar surface area (TPSA) is 0 Å². The van der Waals surface area contributed by atoms with Crippen molar-refractivity contribution in [3.05, 3.63) is 68.8 Å². The van der Waals surface area contributed by atoms with Gasteiger partial charge in [0, 0.05) is 0 Å². The summed E-state index contributed by atoms with van der Waals surface area (Å²) in [6, 6.07) is 8.91. The Labute approximate surface area is 184 Å². The first kappa shape index (κ1) is 24.7. The molecule has 0 radical (unpaired) electrons. The van der Waals surface area contributed by atoms with Gasteiger partial charge in [0.1, 0.15) is 0 Å². The molecule has 0 amide bonds. The number of rotatable bonds is 2. The first-order valence-corrected chi connectivity index (χ1v) is 15.8. The van der Waals surface area contributed by atoms with E-state index in [4.69, 9.17) is 17.0 Å².